The van der Waals surface area contributed by atoms with Crippen LogP contribution in [-0.2, 0) is 30.4 Å². The van der Waals surface area contributed by atoms with E-state index in [4.69, 9.17) is 15.9 Å². The second kappa shape index (κ2) is 13.2. The summed E-state index contributed by atoms with van der Waals surface area (Å²) in [5.74, 6) is -4.83. The van der Waals surface area contributed by atoms with E-state index in [1.165, 1.54) is 0 Å². The Morgan fingerprint density at radius 2 is 1.61 bits per heavy atom. The zero-order chi connectivity index (χ0) is 23.4. The lowest BCUT2D eigenvalue weighted by Crippen LogP contribution is -2.54. The van der Waals surface area contributed by atoms with Crippen molar-refractivity contribution < 1.29 is 34.2 Å². The van der Waals surface area contributed by atoms with E-state index in [0.717, 1.165) is 5.56 Å². The molecule has 3 amide bonds. The summed E-state index contributed by atoms with van der Waals surface area (Å²) in [7, 11) is 0. The average Bonchev–Trinajstić information content (AvgIpc) is 2.73. The summed E-state index contributed by atoms with van der Waals surface area (Å²) in [4.78, 5) is 58.4. The molecule has 1 aromatic rings. The topological polar surface area (TPSA) is 188 Å². The van der Waals surface area contributed by atoms with Crippen molar-refractivity contribution >= 4 is 42.3 Å². The van der Waals surface area contributed by atoms with Crippen molar-refractivity contribution in [1.82, 2.24) is 16.0 Å². The van der Waals surface area contributed by atoms with Gasteiger partial charge >= 0.3 is 11.9 Å². The van der Waals surface area contributed by atoms with Gasteiger partial charge in [0, 0.05) is 12.2 Å². The molecule has 3 atom stereocenters. The first kappa shape index (κ1) is 25.9. The van der Waals surface area contributed by atoms with E-state index in [2.05, 4.69) is 28.6 Å². The number of carbonyl (C=O) groups is 5. The molecule has 0 aromatic heterocycles. The predicted molar refractivity (Wildman–Crippen MR) is 113 cm³/mol. The van der Waals surface area contributed by atoms with Gasteiger partial charge in [-0.05, 0) is 18.4 Å². The second-order valence-electron chi connectivity index (χ2n) is 6.65. The lowest BCUT2D eigenvalue weighted by atomic mass is 10.0. The normalized spacial score (nSPS) is 13.4. The highest BCUT2D eigenvalue weighted by Gasteiger charge is 2.25. The van der Waals surface area contributed by atoms with Crippen molar-refractivity contribution in [1.29, 1.82) is 0 Å². The minimum atomic E-state index is -1.28. The third kappa shape index (κ3) is 9.96. The molecule has 0 saturated heterocycles. The van der Waals surface area contributed by atoms with E-state index in [1.54, 1.807) is 24.3 Å². The fourth-order valence-electron chi connectivity index (χ4n) is 2.50. The molecule has 170 valence electrons. The summed E-state index contributed by atoms with van der Waals surface area (Å²) in [6, 6.07) is 5.52. The van der Waals surface area contributed by atoms with E-state index < -0.39 is 60.8 Å². The van der Waals surface area contributed by atoms with E-state index in [1.807, 2.05) is 6.07 Å². The summed E-state index contributed by atoms with van der Waals surface area (Å²) in [5, 5.41) is 24.6. The zero-order valence-corrected chi connectivity index (χ0v) is 17.5. The third-order valence-electron chi connectivity index (χ3n) is 4.15. The number of nitrogens with one attached hydrogen (secondary N) is 3. The molecular weight excluding hydrogens is 428 g/mol. The highest BCUT2D eigenvalue weighted by molar-refractivity contribution is 7.80. The number of hydrogen-bond acceptors (Lipinski definition) is 7. The van der Waals surface area contributed by atoms with Crippen LogP contribution < -0.4 is 21.7 Å². The van der Waals surface area contributed by atoms with Gasteiger partial charge in [-0.1, -0.05) is 30.3 Å². The van der Waals surface area contributed by atoms with Crippen molar-refractivity contribution in [3.63, 3.8) is 0 Å². The quantitative estimate of drug-likeness (QED) is 0.176. The first-order valence-electron chi connectivity index (χ1n) is 9.36. The Bertz CT molecular complexity index is 791. The third-order valence-corrected chi connectivity index (χ3v) is 4.52. The minimum absolute atomic E-state index is 0.147. The van der Waals surface area contributed by atoms with Crippen molar-refractivity contribution in [2.75, 3.05) is 12.3 Å². The molecule has 0 aliphatic carbocycles. The molecule has 1 aromatic carbocycles. The molecule has 0 fully saturated rings. The molecule has 7 N–H and O–H groups in total. The Labute approximate surface area is 184 Å². The molecule has 0 spiro atoms. The van der Waals surface area contributed by atoms with Crippen LogP contribution in [0.25, 0.3) is 0 Å². The summed E-state index contributed by atoms with van der Waals surface area (Å²) >= 11 is 3.81. The Kier molecular flexibility index (Phi) is 11.1. The molecule has 11 nitrogen and oxygen atoms in total. The smallest absolute Gasteiger partial charge is 0.327 e. The van der Waals surface area contributed by atoms with Gasteiger partial charge in [0.05, 0.1) is 12.6 Å². The number of aliphatic carboxylic acids is 2. The molecule has 0 aliphatic rings. The molecule has 3 unspecified atom stereocenters. The summed E-state index contributed by atoms with van der Waals surface area (Å²) in [6.07, 6.45) is -0.414. The van der Waals surface area contributed by atoms with Gasteiger partial charge in [-0.15, -0.1) is 0 Å². The molecule has 0 bridgehead atoms. The predicted octanol–water partition coefficient (Wildman–Crippen LogP) is -1.48. The van der Waals surface area contributed by atoms with Crippen LogP contribution in [0, 0.1) is 0 Å². The molecule has 12 heteroatoms. The molecule has 0 radical (unpaired) electrons. The molecule has 0 heterocycles. The first-order valence-corrected chi connectivity index (χ1v) is 9.99. The Hall–Kier alpha value is -3.12. The highest BCUT2D eigenvalue weighted by atomic mass is 32.1. The Balaban J connectivity index is 2.68. The number of benzene rings is 1. The maximum absolute atomic E-state index is 12.4. The lowest BCUT2D eigenvalue weighted by molar-refractivity contribution is -0.141. The number of thiol groups is 1. The number of carboxylic acid groups (broad SMARTS) is 2. The zero-order valence-electron chi connectivity index (χ0n) is 16.6. The van der Waals surface area contributed by atoms with Crippen molar-refractivity contribution in [2.24, 2.45) is 5.73 Å². The van der Waals surface area contributed by atoms with E-state index in [-0.39, 0.29) is 18.6 Å². The summed E-state index contributed by atoms with van der Waals surface area (Å²) in [6.45, 7) is -0.564. The maximum atomic E-state index is 12.4. The fraction of sp³-hybridized carbons (Fsp3) is 0.421. The maximum Gasteiger partial charge on any atom is 0.327 e. The van der Waals surface area contributed by atoms with Gasteiger partial charge in [-0.2, -0.15) is 12.6 Å². The number of carbonyl (C=O) groups excluding carboxylic acids is 3. The fourth-order valence-corrected chi connectivity index (χ4v) is 2.75. The monoisotopic (exact) mass is 454 g/mol. The van der Waals surface area contributed by atoms with E-state index in [9.17, 15) is 24.0 Å². The van der Waals surface area contributed by atoms with Crippen molar-refractivity contribution in [2.45, 2.75) is 37.4 Å². The van der Waals surface area contributed by atoms with Crippen LogP contribution in [0.5, 0.6) is 0 Å². The molecule has 0 saturated carbocycles. The number of carboxylic acids is 2. The number of rotatable bonds is 13. The SMILES string of the molecule is NC(Cc1ccccc1)C(=O)NC(CCC(=O)O)C(=O)NCC(=O)NC(CS)C(=O)O. The summed E-state index contributed by atoms with van der Waals surface area (Å²) < 4.78 is 0. The lowest BCUT2D eigenvalue weighted by Gasteiger charge is -2.20. The van der Waals surface area contributed by atoms with Crippen LogP contribution in [0.1, 0.15) is 18.4 Å². The van der Waals surface area contributed by atoms with Crippen LogP contribution in [0.4, 0.5) is 0 Å². The number of amides is 3. The highest BCUT2D eigenvalue weighted by Crippen LogP contribution is 2.04. The van der Waals surface area contributed by atoms with Crippen LogP contribution >= 0.6 is 12.6 Å². The molecular formula is C19H26N4O7S. The number of hydrogen-bond donors (Lipinski definition) is 7. The minimum Gasteiger partial charge on any atom is -0.481 e. The molecule has 1 rings (SSSR count). The van der Waals surface area contributed by atoms with Gasteiger partial charge in [0.1, 0.15) is 12.1 Å². The Morgan fingerprint density at radius 3 is 2.16 bits per heavy atom. The van der Waals surface area contributed by atoms with Gasteiger partial charge in [0.25, 0.3) is 0 Å². The Morgan fingerprint density at radius 1 is 0.968 bits per heavy atom. The standard InChI is InChI=1S/C19H26N4O7S/c20-12(8-11-4-2-1-3-5-11)17(27)23-13(6-7-16(25)26)18(28)21-9-15(24)22-14(10-31)19(29)30/h1-5,12-14,31H,6-10,20H2,(H,21,28)(H,22,24)(H,23,27)(H,25,26)(H,29,30). The molecule has 0 aliphatic heterocycles. The van der Waals surface area contributed by atoms with Gasteiger partial charge in [0.15, 0.2) is 0 Å². The largest absolute Gasteiger partial charge is 0.481 e. The van der Waals surface area contributed by atoms with Gasteiger partial charge in [-0.25, -0.2) is 4.79 Å². The van der Waals surface area contributed by atoms with Crippen LogP contribution in [0.2, 0.25) is 0 Å². The van der Waals surface area contributed by atoms with E-state index in [0.29, 0.717) is 0 Å². The second-order valence-corrected chi connectivity index (χ2v) is 7.01. The van der Waals surface area contributed by atoms with Gasteiger partial charge < -0.3 is 31.9 Å². The van der Waals surface area contributed by atoms with Crippen LogP contribution in [0.15, 0.2) is 30.3 Å². The van der Waals surface area contributed by atoms with Crippen LogP contribution in [0.3, 0.4) is 0 Å². The van der Waals surface area contributed by atoms with Crippen molar-refractivity contribution in [3.8, 4) is 0 Å². The van der Waals surface area contributed by atoms with Crippen molar-refractivity contribution in [3.05, 3.63) is 35.9 Å². The first-order chi connectivity index (χ1) is 14.6. The number of nitrogens with two attached hydrogens (primary N) is 1. The average molecular weight is 455 g/mol. The molecule has 31 heavy (non-hydrogen) atoms. The summed E-state index contributed by atoms with van der Waals surface area (Å²) in [5.41, 5.74) is 6.70. The van der Waals surface area contributed by atoms with Gasteiger partial charge in [0.2, 0.25) is 17.7 Å². The van der Waals surface area contributed by atoms with Gasteiger partial charge in [-0.3, -0.25) is 19.2 Å². The van der Waals surface area contributed by atoms with Crippen LogP contribution in [-0.4, -0.2) is 70.3 Å². The van der Waals surface area contributed by atoms with E-state index >= 15 is 0 Å².